The Morgan fingerprint density at radius 3 is 2.40 bits per heavy atom. The molecule has 0 bridgehead atoms. The van der Waals surface area contributed by atoms with Gasteiger partial charge in [0.15, 0.2) is 0 Å². The van der Waals surface area contributed by atoms with E-state index in [1.54, 1.807) is 12.1 Å². The van der Waals surface area contributed by atoms with Crippen LogP contribution in [-0.2, 0) is 9.59 Å². The van der Waals surface area contributed by atoms with Gasteiger partial charge in [-0.15, -0.1) is 0 Å². The van der Waals surface area contributed by atoms with E-state index >= 15 is 0 Å². The van der Waals surface area contributed by atoms with Crippen molar-refractivity contribution in [2.24, 2.45) is 0 Å². The van der Waals surface area contributed by atoms with Crippen LogP contribution in [0.1, 0.15) is 17.7 Å². The second-order valence-electron chi connectivity index (χ2n) is 5.54. The standard InChI is InChI=1S/C18H15ClN2O2S2/c1-11(22)20-15-16(12-7-9-13(19)10-8-12)25-18(24)21(17(15)23)14-5-3-2-4-6-14/h2-10,15-16H,1H3,(H,20,22)/t15-,16+/m0/s1. The molecule has 1 saturated heterocycles. The Labute approximate surface area is 160 Å². The predicted octanol–water partition coefficient (Wildman–Crippen LogP) is 3.95. The minimum absolute atomic E-state index is 0.245. The summed E-state index contributed by atoms with van der Waals surface area (Å²) in [5, 5.41) is 3.08. The summed E-state index contributed by atoms with van der Waals surface area (Å²) in [6, 6.07) is 15.7. The smallest absolute Gasteiger partial charge is 0.256 e. The minimum Gasteiger partial charge on any atom is -0.343 e. The number of halogens is 1. The third-order valence-corrected chi connectivity index (χ3v) is 5.68. The highest BCUT2D eigenvalue weighted by atomic mass is 35.5. The van der Waals surface area contributed by atoms with Crippen LogP contribution in [0.4, 0.5) is 5.69 Å². The summed E-state index contributed by atoms with van der Waals surface area (Å²) in [7, 11) is 0. The number of nitrogens with zero attached hydrogens (tertiary/aromatic N) is 1. The number of benzene rings is 2. The summed E-state index contributed by atoms with van der Waals surface area (Å²) < 4.78 is 0.456. The van der Waals surface area contributed by atoms with Gasteiger partial charge < -0.3 is 5.32 Å². The lowest BCUT2D eigenvalue weighted by molar-refractivity contribution is -0.126. The van der Waals surface area contributed by atoms with E-state index in [1.165, 1.54) is 23.6 Å². The van der Waals surface area contributed by atoms with Gasteiger partial charge in [0, 0.05) is 11.9 Å². The maximum atomic E-state index is 13.1. The Balaban J connectivity index is 1.98. The second-order valence-corrected chi connectivity index (χ2v) is 7.76. The summed E-state index contributed by atoms with van der Waals surface area (Å²) >= 11 is 12.8. The lowest BCUT2D eigenvalue weighted by Crippen LogP contribution is -2.55. The van der Waals surface area contributed by atoms with Crippen LogP contribution in [-0.4, -0.2) is 22.2 Å². The Morgan fingerprint density at radius 2 is 1.80 bits per heavy atom. The Morgan fingerprint density at radius 1 is 1.16 bits per heavy atom. The summed E-state index contributed by atoms with van der Waals surface area (Å²) in [6.07, 6.45) is 0. The van der Waals surface area contributed by atoms with Gasteiger partial charge in [-0.1, -0.05) is 65.9 Å². The Hall–Kier alpha value is -1.89. The van der Waals surface area contributed by atoms with Gasteiger partial charge in [-0.3, -0.25) is 14.5 Å². The molecule has 25 heavy (non-hydrogen) atoms. The van der Waals surface area contributed by atoms with Gasteiger partial charge in [0.05, 0.1) is 10.9 Å². The molecule has 1 aliphatic rings. The highest BCUT2D eigenvalue weighted by Gasteiger charge is 2.42. The number of hydrogen-bond donors (Lipinski definition) is 1. The van der Waals surface area contributed by atoms with Crippen LogP contribution in [0.3, 0.4) is 0 Å². The van der Waals surface area contributed by atoms with Gasteiger partial charge in [0.1, 0.15) is 10.4 Å². The quantitative estimate of drug-likeness (QED) is 0.806. The first-order chi connectivity index (χ1) is 12.0. The van der Waals surface area contributed by atoms with Crippen molar-refractivity contribution >= 4 is 57.4 Å². The highest BCUT2D eigenvalue weighted by molar-refractivity contribution is 8.23. The van der Waals surface area contributed by atoms with Crippen molar-refractivity contribution in [3.63, 3.8) is 0 Å². The number of carbonyl (C=O) groups excluding carboxylic acids is 2. The molecule has 0 spiro atoms. The summed E-state index contributed by atoms with van der Waals surface area (Å²) in [5.41, 5.74) is 1.58. The number of hydrogen-bond acceptors (Lipinski definition) is 4. The van der Waals surface area contributed by atoms with Crippen molar-refractivity contribution in [2.75, 3.05) is 4.90 Å². The van der Waals surface area contributed by atoms with E-state index in [2.05, 4.69) is 5.32 Å². The molecule has 0 unspecified atom stereocenters. The van der Waals surface area contributed by atoms with Gasteiger partial charge in [-0.25, -0.2) is 0 Å². The minimum atomic E-state index is -0.712. The molecule has 1 N–H and O–H groups in total. The highest BCUT2D eigenvalue weighted by Crippen LogP contribution is 2.41. The second kappa shape index (κ2) is 7.56. The largest absolute Gasteiger partial charge is 0.343 e. The van der Waals surface area contributed by atoms with E-state index in [9.17, 15) is 9.59 Å². The van der Waals surface area contributed by atoms with Crippen LogP contribution in [0.2, 0.25) is 5.02 Å². The fourth-order valence-electron chi connectivity index (χ4n) is 2.67. The molecule has 2 aromatic carbocycles. The van der Waals surface area contributed by atoms with E-state index in [0.29, 0.717) is 15.0 Å². The van der Waals surface area contributed by atoms with E-state index in [0.717, 1.165) is 5.56 Å². The number of amides is 2. The molecule has 128 valence electrons. The van der Waals surface area contributed by atoms with E-state index in [1.807, 2.05) is 42.5 Å². The van der Waals surface area contributed by atoms with E-state index in [4.69, 9.17) is 23.8 Å². The monoisotopic (exact) mass is 390 g/mol. The van der Waals surface area contributed by atoms with E-state index in [-0.39, 0.29) is 17.1 Å². The molecule has 2 atom stereocenters. The Kier molecular flexibility index (Phi) is 5.42. The van der Waals surface area contributed by atoms with Crippen molar-refractivity contribution < 1.29 is 9.59 Å². The average molecular weight is 391 g/mol. The lowest BCUT2D eigenvalue weighted by Gasteiger charge is -2.37. The van der Waals surface area contributed by atoms with Crippen molar-refractivity contribution in [3.05, 3.63) is 65.2 Å². The SMILES string of the molecule is CC(=O)N[C@@H]1C(=O)N(c2ccccc2)C(=S)S[C@@H]1c1ccc(Cl)cc1. The maximum Gasteiger partial charge on any atom is 0.256 e. The van der Waals surface area contributed by atoms with Crippen LogP contribution in [0, 0.1) is 0 Å². The fraction of sp³-hybridized carbons (Fsp3) is 0.167. The number of para-hydroxylation sites is 1. The topological polar surface area (TPSA) is 49.4 Å². The number of anilines is 1. The molecule has 0 aromatic heterocycles. The molecule has 2 aromatic rings. The van der Waals surface area contributed by atoms with Crippen molar-refractivity contribution in [3.8, 4) is 0 Å². The van der Waals surface area contributed by atoms with Crippen molar-refractivity contribution in [2.45, 2.75) is 18.2 Å². The number of nitrogens with one attached hydrogen (secondary N) is 1. The van der Waals surface area contributed by atoms with Crippen LogP contribution in [0.5, 0.6) is 0 Å². The third-order valence-electron chi connectivity index (χ3n) is 3.77. The third kappa shape index (κ3) is 3.86. The van der Waals surface area contributed by atoms with Crippen LogP contribution in [0.25, 0.3) is 0 Å². The first-order valence-corrected chi connectivity index (χ1v) is 9.26. The molecular formula is C18H15ClN2O2S2. The van der Waals surface area contributed by atoms with Gasteiger partial charge in [0.25, 0.3) is 5.91 Å². The normalized spacial score (nSPS) is 20.5. The number of thiocarbonyl (C=S) groups is 1. The zero-order valence-electron chi connectivity index (χ0n) is 13.3. The zero-order valence-corrected chi connectivity index (χ0v) is 15.7. The molecule has 0 radical (unpaired) electrons. The van der Waals surface area contributed by atoms with Crippen LogP contribution < -0.4 is 10.2 Å². The Bertz CT molecular complexity index is 812. The number of carbonyl (C=O) groups is 2. The molecule has 4 nitrogen and oxygen atoms in total. The molecular weight excluding hydrogens is 376 g/mol. The molecule has 2 amide bonds. The first kappa shape index (κ1) is 17.9. The van der Waals surface area contributed by atoms with Gasteiger partial charge in [0.2, 0.25) is 5.91 Å². The van der Waals surface area contributed by atoms with Gasteiger partial charge in [-0.05, 0) is 29.8 Å². The maximum absolute atomic E-state index is 13.1. The molecule has 1 fully saturated rings. The lowest BCUT2D eigenvalue weighted by atomic mass is 10.0. The predicted molar refractivity (Wildman–Crippen MR) is 106 cm³/mol. The molecule has 0 aliphatic carbocycles. The van der Waals surface area contributed by atoms with Crippen LogP contribution >= 0.6 is 35.6 Å². The molecule has 3 rings (SSSR count). The van der Waals surface area contributed by atoms with Gasteiger partial charge >= 0.3 is 0 Å². The molecule has 1 heterocycles. The van der Waals surface area contributed by atoms with E-state index < -0.39 is 6.04 Å². The molecule has 1 aliphatic heterocycles. The number of rotatable bonds is 3. The summed E-state index contributed by atoms with van der Waals surface area (Å²) in [4.78, 5) is 26.3. The summed E-state index contributed by atoms with van der Waals surface area (Å²) in [6.45, 7) is 1.40. The fourth-order valence-corrected chi connectivity index (χ4v) is 4.43. The molecule has 7 heteroatoms. The zero-order chi connectivity index (χ0) is 18.0. The van der Waals surface area contributed by atoms with Gasteiger partial charge in [-0.2, -0.15) is 0 Å². The van der Waals surface area contributed by atoms with Crippen molar-refractivity contribution in [1.29, 1.82) is 0 Å². The first-order valence-electron chi connectivity index (χ1n) is 7.59. The average Bonchev–Trinajstić information content (AvgIpc) is 2.59. The van der Waals surface area contributed by atoms with Crippen molar-refractivity contribution in [1.82, 2.24) is 5.32 Å². The van der Waals surface area contributed by atoms with Crippen LogP contribution in [0.15, 0.2) is 54.6 Å². The number of thioether (sulfide) groups is 1. The summed E-state index contributed by atoms with van der Waals surface area (Å²) in [5.74, 6) is -0.510. The molecule has 0 saturated carbocycles.